The van der Waals surface area contributed by atoms with Crippen molar-refractivity contribution in [2.24, 2.45) is 0 Å². The van der Waals surface area contributed by atoms with Gasteiger partial charge in [-0.3, -0.25) is 13.9 Å². The van der Waals surface area contributed by atoms with Gasteiger partial charge in [0, 0.05) is 23.5 Å². The third-order valence-electron chi connectivity index (χ3n) is 5.79. The van der Waals surface area contributed by atoms with Gasteiger partial charge in [-0.2, -0.15) is 0 Å². The summed E-state index contributed by atoms with van der Waals surface area (Å²) in [7, 11) is -3.98. The van der Waals surface area contributed by atoms with Gasteiger partial charge in [0.2, 0.25) is 21.8 Å². The first-order valence-electron chi connectivity index (χ1n) is 12.4. The first kappa shape index (κ1) is 30.1. The average Bonchev–Trinajstić information content (AvgIpc) is 2.83. The summed E-state index contributed by atoms with van der Waals surface area (Å²) in [6.45, 7) is 4.88. The fourth-order valence-electron chi connectivity index (χ4n) is 4.08. The molecular weight excluding hydrogens is 541 g/mol. The number of amides is 2. The molecule has 3 aromatic rings. The summed E-state index contributed by atoms with van der Waals surface area (Å²) < 4.78 is 40.3. The van der Waals surface area contributed by atoms with Crippen LogP contribution in [0.15, 0.2) is 78.9 Å². The van der Waals surface area contributed by atoms with Crippen LogP contribution in [0.25, 0.3) is 0 Å². The smallest absolute Gasteiger partial charge is 0.244 e. The number of hydrogen-bond acceptors (Lipinski definition) is 4. The normalized spacial score (nSPS) is 12.5. The predicted molar refractivity (Wildman–Crippen MR) is 152 cm³/mol. The molecule has 1 N–H and O–H groups in total. The molecule has 3 rings (SSSR count). The number of nitrogens with zero attached hydrogens (tertiary/aromatic N) is 2. The summed E-state index contributed by atoms with van der Waals surface area (Å²) in [6.07, 6.45) is 1.13. The molecule has 7 nitrogen and oxygen atoms in total. The molecule has 0 heterocycles. The van der Waals surface area contributed by atoms with Crippen LogP contribution in [0.1, 0.15) is 31.9 Å². The average molecular weight is 574 g/mol. The van der Waals surface area contributed by atoms with E-state index >= 15 is 0 Å². The lowest BCUT2D eigenvalue weighted by Crippen LogP contribution is -2.56. The van der Waals surface area contributed by atoms with Crippen molar-refractivity contribution < 1.29 is 22.4 Å². The van der Waals surface area contributed by atoms with Gasteiger partial charge < -0.3 is 10.2 Å². The Morgan fingerprint density at radius 3 is 2.18 bits per heavy atom. The minimum Gasteiger partial charge on any atom is -0.350 e. The summed E-state index contributed by atoms with van der Waals surface area (Å²) in [5, 5.41) is 3.41. The number of sulfonamides is 1. The second kappa shape index (κ2) is 12.6. The number of hydrogen-bond donors (Lipinski definition) is 1. The summed E-state index contributed by atoms with van der Waals surface area (Å²) in [5.41, 5.74) is 0.902. The molecule has 2 amide bonds. The predicted octanol–water partition coefficient (Wildman–Crippen LogP) is 4.80. The number of anilines is 1. The van der Waals surface area contributed by atoms with Crippen molar-refractivity contribution in [3.63, 3.8) is 0 Å². The molecule has 208 valence electrons. The van der Waals surface area contributed by atoms with Gasteiger partial charge in [-0.05, 0) is 62.2 Å². The Balaban J connectivity index is 2.08. The largest absolute Gasteiger partial charge is 0.350 e. The molecule has 0 aromatic heterocycles. The molecular formula is C29H33ClFN3O4S. The highest BCUT2D eigenvalue weighted by Gasteiger charge is 2.34. The van der Waals surface area contributed by atoms with Crippen LogP contribution in [0.3, 0.4) is 0 Å². The van der Waals surface area contributed by atoms with E-state index in [-0.39, 0.29) is 18.7 Å². The van der Waals surface area contributed by atoms with E-state index < -0.39 is 45.8 Å². The lowest BCUT2D eigenvalue weighted by molar-refractivity contribution is -0.140. The standard InChI is InChI=1S/C29H33ClFN3O4S/c1-29(2,3)32-28(36)26(17-21-10-6-5-7-11-21)33(19-22-12-8-13-23(30)16-22)27(35)20-34(39(4,37)38)25-15-9-14-24(31)18-25/h5-16,18,26H,17,19-20H2,1-4H3,(H,32,36)/t26-/m0/s1. The first-order chi connectivity index (χ1) is 18.2. The molecule has 0 saturated heterocycles. The number of benzene rings is 3. The maximum absolute atomic E-state index is 14.0. The Morgan fingerprint density at radius 2 is 1.59 bits per heavy atom. The van der Waals surface area contributed by atoms with E-state index in [4.69, 9.17) is 11.6 Å². The summed E-state index contributed by atoms with van der Waals surface area (Å²) in [4.78, 5) is 29.0. The zero-order chi connectivity index (χ0) is 28.8. The molecule has 0 bridgehead atoms. The Bertz CT molecular complexity index is 1410. The van der Waals surface area contributed by atoms with Crippen LogP contribution in [-0.2, 0) is 32.6 Å². The Labute approximate surface area is 234 Å². The van der Waals surface area contributed by atoms with E-state index in [1.165, 1.54) is 23.1 Å². The topological polar surface area (TPSA) is 86.8 Å². The van der Waals surface area contributed by atoms with Crippen molar-refractivity contribution in [3.05, 3.63) is 101 Å². The minimum absolute atomic E-state index is 0.00475. The molecule has 0 saturated carbocycles. The van der Waals surface area contributed by atoms with Gasteiger partial charge in [0.05, 0.1) is 11.9 Å². The quantitative estimate of drug-likeness (QED) is 0.377. The number of carbonyl (C=O) groups excluding carboxylic acids is 2. The SMILES string of the molecule is CC(C)(C)NC(=O)[C@H](Cc1ccccc1)N(Cc1cccc(Cl)c1)C(=O)CN(c1cccc(F)c1)S(C)(=O)=O. The first-order valence-corrected chi connectivity index (χ1v) is 14.6. The van der Waals surface area contributed by atoms with Gasteiger partial charge in [0.15, 0.2) is 0 Å². The summed E-state index contributed by atoms with van der Waals surface area (Å²) >= 11 is 6.20. The summed E-state index contributed by atoms with van der Waals surface area (Å²) in [5.74, 6) is -1.66. The van der Waals surface area contributed by atoms with Crippen molar-refractivity contribution in [1.82, 2.24) is 10.2 Å². The molecule has 0 unspecified atom stereocenters. The van der Waals surface area contributed by atoms with E-state index in [1.54, 1.807) is 24.3 Å². The molecule has 0 aliphatic rings. The van der Waals surface area contributed by atoms with E-state index in [0.717, 1.165) is 22.2 Å². The number of rotatable bonds is 10. The van der Waals surface area contributed by atoms with Crippen LogP contribution < -0.4 is 9.62 Å². The van der Waals surface area contributed by atoms with Crippen LogP contribution in [0.4, 0.5) is 10.1 Å². The van der Waals surface area contributed by atoms with Crippen LogP contribution in [0.5, 0.6) is 0 Å². The molecule has 3 aromatic carbocycles. The molecule has 0 fully saturated rings. The van der Waals surface area contributed by atoms with Crippen LogP contribution in [0, 0.1) is 5.82 Å². The number of nitrogens with one attached hydrogen (secondary N) is 1. The highest BCUT2D eigenvalue weighted by Crippen LogP contribution is 2.22. The maximum atomic E-state index is 14.0. The third-order valence-corrected chi connectivity index (χ3v) is 7.16. The monoisotopic (exact) mass is 573 g/mol. The second-order valence-electron chi connectivity index (χ2n) is 10.3. The van der Waals surface area contributed by atoms with E-state index in [0.29, 0.717) is 10.6 Å². The Morgan fingerprint density at radius 1 is 0.949 bits per heavy atom. The zero-order valence-electron chi connectivity index (χ0n) is 22.4. The van der Waals surface area contributed by atoms with Crippen molar-refractivity contribution in [1.29, 1.82) is 0 Å². The molecule has 1 atom stereocenters. The summed E-state index contributed by atoms with van der Waals surface area (Å²) in [6, 6.07) is 20.2. The van der Waals surface area contributed by atoms with Gasteiger partial charge in [0.1, 0.15) is 18.4 Å². The van der Waals surface area contributed by atoms with Gasteiger partial charge in [-0.1, -0.05) is 60.1 Å². The second-order valence-corrected chi connectivity index (χ2v) is 12.7. The molecule has 0 radical (unpaired) electrons. The molecule has 0 spiro atoms. The van der Waals surface area contributed by atoms with E-state index in [2.05, 4.69) is 5.32 Å². The van der Waals surface area contributed by atoms with Gasteiger partial charge in [-0.25, -0.2) is 12.8 Å². The Kier molecular flexibility index (Phi) is 9.74. The van der Waals surface area contributed by atoms with Gasteiger partial charge >= 0.3 is 0 Å². The van der Waals surface area contributed by atoms with Gasteiger partial charge in [-0.15, -0.1) is 0 Å². The molecule has 39 heavy (non-hydrogen) atoms. The lowest BCUT2D eigenvalue weighted by atomic mass is 10.0. The highest BCUT2D eigenvalue weighted by molar-refractivity contribution is 7.92. The van der Waals surface area contributed by atoms with E-state index in [1.807, 2.05) is 51.1 Å². The molecule has 0 aliphatic carbocycles. The number of carbonyl (C=O) groups is 2. The minimum atomic E-state index is -3.98. The third kappa shape index (κ3) is 9.07. The Hall–Kier alpha value is -3.43. The van der Waals surface area contributed by atoms with Gasteiger partial charge in [0.25, 0.3) is 0 Å². The zero-order valence-corrected chi connectivity index (χ0v) is 24.0. The van der Waals surface area contributed by atoms with Crippen molar-refractivity contribution in [2.45, 2.75) is 45.3 Å². The van der Waals surface area contributed by atoms with Crippen LogP contribution in [0.2, 0.25) is 5.02 Å². The lowest BCUT2D eigenvalue weighted by Gasteiger charge is -2.35. The maximum Gasteiger partial charge on any atom is 0.244 e. The van der Waals surface area contributed by atoms with E-state index in [9.17, 15) is 22.4 Å². The van der Waals surface area contributed by atoms with Crippen molar-refractivity contribution in [3.8, 4) is 0 Å². The molecule has 10 heteroatoms. The van der Waals surface area contributed by atoms with Crippen LogP contribution in [-0.4, -0.2) is 49.5 Å². The fraction of sp³-hybridized carbons (Fsp3) is 0.310. The van der Waals surface area contributed by atoms with Crippen LogP contribution >= 0.6 is 11.6 Å². The van der Waals surface area contributed by atoms with Crippen molar-refractivity contribution in [2.75, 3.05) is 17.1 Å². The van der Waals surface area contributed by atoms with Crippen molar-refractivity contribution >= 4 is 39.1 Å². The number of halogens is 2. The fourth-order valence-corrected chi connectivity index (χ4v) is 5.14. The highest BCUT2D eigenvalue weighted by atomic mass is 35.5. The molecule has 0 aliphatic heterocycles.